The third-order valence-electron chi connectivity index (χ3n) is 2.23. The first-order valence-corrected chi connectivity index (χ1v) is 6.29. The van der Waals surface area contributed by atoms with Crippen molar-refractivity contribution in [2.45, 2.75) is 18.6 Å². The summed E-state index contributed by atoms with van der Waals surface area (Å²) in [5, 5.41) is 18.3. The summed E-state index contributed by atoms with van der Waals surface area (Å²) in [6, 6.07) is 3.54. The molecule has 0 unspecified atom stereocenters. The predicted octanol–water partition coefficient (Wildman–Crippen LogP) is 0.984. The largest absolute Gasteiger partial charge is 0.481 e. The van der Waals surface area contributed by atoms with Crippen LogP contribution in [0.1, 0.15) is 17.9 Å². The number of carbonyl (C=O) groups excluding carboxylic acids is 1. The second kappa shape index (κ2) is 5.70. The van der Waals surface area contributed by atoms with Crippen molar-refractivity contribution < 1.29 is 19.1 Å². The van der Waals surface area contributed by atoms with Gasteiger partial charge < -0.3 is 14.8 Å². The number of carboxylic acids is 1. The number of carbonyl (C=O) groups is 2. The van der Waals surface area contributed by atoms with Crippen LogP contribution in [0.5, 0.6) is 0 Å². The molecule has 8 heteroatoms. The van der Waals surface area contributed by atoms with Crippen molar-refractivity contribution in [3.63, 3.8) is 0 Å². The molecular weight excluding hydrogens is 270 g/mol. The monoisotopic (exact) mass is 281 g/mol. The average molecular weight is 281 g/mol. The van der Waals surface area contributed by atoms with E-state index in [4.69, 9.17) is 9.52 Å². The van der Waals surface area contributed by atoms with Gasteiger partial charge in [0.05, 0.1) is 12.6 Å². The highest BCUT2D eigenvalue weighted by Crippen LogP contribution is 2.22. The number of furan rings is 1. The van der Waals surface area contributed by atoms with Gasteiger partial charge >= 0.3 is 5.97 Å². The van der Waals surface area contributed by atoms with Crippen molar-refractivity contribution in [3.8, 4) is 0 Å². The highest BCUT2D eigenvalue weighted by atomic mass is 32.2. The number of thioether (sulfide) groups is 1. The van der Waals surface area contributed by atoms with Gasteiger partial charge in [0.2, 0.25) is 5.91 Å². The molecule has 1 fully saturated rings. The van der Waals surface area contributed by atoms with Crippen LogP contribution in [0.3, 0.4) is 0 Å². The lowest BCUT2D eigenvalue weighted by molar-refractivity contribution is -0.138. The Morgan fingerprint density at radius 2 is 2.42 bits per heavy atom. The number of nitrogens with zero attached hydrogens (tertiary/aromatic N) is 2. The number of aryl methyl sites for hydroxylation is 1. The van der Waals surface area contributed by atoms with Crippen molar-refractivity contribution in [1.82, 2.24) is 5.32 Å². The molecule has 1 atom stereocenters. The second-order valence-corrected chi connectivity index (χ2v) is 4.98. The zero-order chi connectivity index (χ0) is 13.8. The van der Waals surface area contributed by atoms with Crippen LogP contribution in [-0.2, 0) is 9.59 Å². The first-order chi connectivity index (χ1) is 9.04. The Morgan fingerprint density at radius 1 is 1.63 bits per heavy atom. The van der Waals surface area contributed by atoms with Crippen LogP contribution >= 0.6 is 11.8 Å². The van der Waals surface area contributed by atoms with Crippen molar-refractivity contribution in [2.75, 3.05) is 0 Å². The summed E-state index contributed by atoms with van der Waals surface area (Å²) in [6.45, 7) is 1.81. The standard InChI is InChI=1S/C11H11N3O4S/c1-6-2-3-7(18-6)5-12-14-11-13-10(17)8(19-11)4-9(15)16/h2-3,5,8H,4H2,1H3,(H,15,16)(H,13,14,17)/b12-5+/t8-/m1/s1. The van der Waals surface area contributed by atoms with Gasteiger partial charge in [-0.3, -0.25) is 9.59 Å². The molecule has 100 valence electrons. The van der Waals surface area contributed by atoms with Gasteiger partial charge in [0.25, 0.3) is 0 Å². The van der Waals surface area contributed by atoms with Gasteiger partial charge in [0.15, 0.2) is 5.17 Å². The minimum atomic E-state index is -1.02. The van der Waals surface area contributed by atoms with E-state index in [1.807, 2.05) is 6.92 Å². The normalized spacial score (nSPS) is 21.2. The molecule has 1 aliphatic heterocycles. The Labute approximate surface area is 112 Å². The van der Waals surface area contributed by atoms with E-state index in [1.165, 1.54) is 6.21 Å². The van der Waals surface area contributed by atoms with E-state index >= 15 is 0 Å². The summed E-state index contributed by atoms with van der Waals surface area (Å²) in [5.41, 5.74) is 0. The predicted molar refractivity (Wildman–Crippen MR) is 70.2 cm³/mol. The van der Waals surface area contributed by atoms with Crippen LogP contribution in [0, 0.1) is 6.92 Å². The number of aliphatic carboxylic acids is 1. The summed E-state index contributed by atoms with van der Waals surface area (Å²) >= 11 is 1.05. The second-order valence-electron chi connectivity index (χ2n) is 3.79. The Bertz CT molecular complexity index is 564. The van der Waals surface area contributed by atoms with Gasteiger partial charge in [-0.2, -0.15) is 5.10 Å². The van der Waals surface area contributed by atoms with E-state index in [-0.39, 0.29) is 17.5 Å². The van der Waals surface area contributed by atoms with Crippen molar-refractivity contribution >= 4 is 35.0 Å². The van der Waals surface area contributed by atoms with Gasteiger partial charge in [0, 0.05) is 0 Å². The summed E-state index contributed by atoms with van der Waals surface area (Å²) in [7, 11) is 0. The van der Waals surface area contributed by atoms with Crippen LogP contribution in [0.2, 0.25) is 0 Å². The lowest BCUT2D eigenvalue weighted by Gasteiger charge is -1.97. The van der Waals surface area contributed by atoms with Crippen LogP contribution in [0.4, 0.5) is 0 Å². The Kier molecular flexibility index (Phi) is 4.00. The van der Waals surface area contributed by atoms with Gasteiger partial charge in [-0.25, -0.2) is 0 Å². The third kappa shape index (κ3) is 3.68. The van der Waals surface area contributed by atoms with E-state index in [9.17, 15) is 9.59 Å². The Hall–Kier alpha value is -2.09. The molecule has 0 spiro atoms. The molecule has 0 aromatic carbocycles. The van der Waals surface area contributed by atoms with Gasteiger partial charge in [-0.15, -0.1) is 5.10 Å². The number of nitrogens with one attached hydrogen (secondary N) is 1. The molecule has 1 amide bonds. The molecule has 0 saturated carbocycles. The minimum absolute atomic E-state index is 0.239. The summed E-state index contributed by atoms with van der Waals surface area (Å²) in [5.74, 6) is -0.0731. The molecule has 2 heterocycles. The molecule has 7 nitrogen and oxygen atoms in total. The number of hydrogen-bond donors (Lipinski definition) is 2. The van der Waals surface area contributed by atoms with Crippen LogP contribution < -0.4 is 5.32 Å². The quantitative estimate of drug-likeness (QED) is 0.632. The fraction of sp³-hybridized carbons (Fsp3) is 0.273. The summed E-state index contributed by atoms with van der Waals surface area (Å²) in [4.78, 5) is 21.9. The topological polar surface area (TPSA) is 104 Å². The number of amides is 1. The van der Waals surface area contributed by atoms with Crippen molar-refractivity contribution in [2.24, 2.45) is 10.2 Å². The molecule has 1 saturated heterocycles. The van der Waals surface area contributed by atoms with Crippen molar-refractivity contribution in [3.05, 3.63) is 23.7 Å². The first-order valence-electron chi connectivity index (χ1n) is 5.41. The maximum atomic E-state index is 11.4. The zero-order valence-corrected chi connectivity index (χ0v) is 10.8. The first kappa shape index (κ1) is 13.3. The lowest BCUT2D eigenvalue weighted by Crippen LogP contribution is -2.26. The van der Waals surface area contributed by atoms with Crippen LogP contribution in [-0.4, -0.2) is 33.6 Å². The molecule has 2 rings (SSSR count). The van der Waals surface area contributed by atoms with E-state index < -0.39 is 11.2 Å². The molecular formula is C11H11N3O4S. The molecule has 1 aromatic rings. The van der Waals surface area contributed by atoms with Crippen molar-refractivity contribution in [1.29, 1.82) is 0 Å². The maximum Gasteiger partial charge on any atom is 0.305 e. The average Bonchev–Trinajstić information content (AvgIpc) is 2.86. The fourth-order valence-corrected chi connectivity index (χ4v) is 2.32. The highest BCUT2D eigenvalue weighted by molar-refractivity contribution is 8.15. The number of amidine groups is 1. The van der Waals surface area contributed by atoms with Crippen LogP contribution in [0.15, 0.2) is 26.8 Å². The van der Waals surface area contributed by atoms with E-state index in [0.29, 0.717) is 5.76 Å². The summed E-state index contributed by atoms with van der Waals surface area (Å²) < 4.78 is 5.25. The maximum absolute atomic E-state index is 11.4. The number of rotatable bonds is 4. The van der Waals surface area contributed by atoms with Gasteiger partial charge in [0.1, 0.15) is 16.8 Å². The van der Waals surface area contributed by atoms with E-state index in [0.717, 1.165) is 17.5 Å². The Morgan fingerprint density at radius 3 is 3.05 bits per heavy atom. The third-order valence-corrected chi connectivity index (χ3v) is 3.30. The number of hydrogen-bond acceptors (Lipinski definition) is 6. The van der Waals surface area contributed by atoms with Gasteiger partial charge in [-0.05, 0) is 19.1 Å². The van der Waals surface area contributed by atoms with E-state index in [2.05, 4.69) is 15.5 Å². The SMILES string of the molecule is Cc1ccc(/C=N/N=C2/NC(=O)[C@@H](CC(=O)O)S2)o1. The molecule has 1 aliphatic rings. The molecule has 0 bridgehead atoms. The molecule has 0 radical (unpaired) electrons. The van der Waals surface area contributed by atoms with E-state index in [1.54, 1.807) is 12.1 Å². The minimum Gasteiger partial charge on any atom is -0.481 e. The molecule has 1 aromatic heterocycles. The molecule has 19 heavy (non-hydrogen) atoms. The van der Waals surface area contributed by atoms with Gasteiger partial charge in [-0.1, -0.05) is 11.8 Å². The molecule has 0 aliphatic carbocycles. The Balaban J connectivity index is 1.96. The fourth-order valence-electron chi connectivity index (χ4n) is 1.41. The van der Waals surface area contributed by atoms with Crippen LogP contribution in [0.25, 0.3) is 0 Å². The number of carboxylic acid groups (broad SMARTS) is 1. The molecule has 2 N–H and O–H groups in total. The summed E-state index contributed by atoms with van der Waals surface area (Å²) in [6.07, 6.45) is 1.17. The zero-order valence-electron chi connectivity index (χ0n) is 9.99. The lowest BCUT2D eigenvalue weighted by atomic mass is 10.3. The highest BCUT2D eigenvalue weighted by Gasteiger charge is 2.32. The smallest absolute Gasteiger partial charge is 0.305 e.